The average molecular weight is 372 g/mol. The molecule has 1 amide bonds. The van der Waals surface area contributed by atoms with E-state index in [2.05, 4.69) is 15.5 Å². The molecule has 0 bridgehead atoms. The molecular formula is C19H18ClN3O3. The van der Waals surface area contributed by atoms with Crippen LogP contribution < -0.4 is 10.1 Å². The normalized spacial score (nSPS) is 11.8. The van der Waals surface area contributed by atoms with Crippen molar-refractivity contribution < 1.29 is 14.1 Å². The fourth-order valence-electron chi connectivity index (χ4n) is 2.42. The van der Waals surface area contributed by atoms with Crippen LogP contribution in [0.2, 0.25) is 5.02 Å². The van der Waals surface area contributed by atoms with Gasteiger partial charge in [-0.1, -0.05) is 29.8 Å². The van der Waals surface area contributed by atoms with Crippen molar-refractivity contribution in [3.8, 4) is 17.2 Å². The Kier molecular flexibility index (Phi) is 5.23. The molecule has 0 aliphatic carbocycles. The highest BCUT2D eigenvalue weighted by atomic mass is 35.5. The summed E-state index contributed by atoms with van der Waals surface area (Å²) in [6.07, 6.45) is -0.742. The molecule has 0 aliphatic rings. The van der Waals surface area contributed by atoms with Crippen molar-refractivity contribution in [1.82, 2.24) is 10.1 Å². The maximum absolute atomic E-state index is 12.3. The summed E-state index contributed by atoms with van der Waals surface area (Å²) in [5, 5.41) is 7.05. The largest absolute Gasteiger partial charge is 0.481 e. The number of anilines is 1. The highest BCUT2D eigenvalue weighted by Crippen LogP contribution is 2.26. The van der Waals surface area contributed by atoms with Crippen molar-refractivity contribution in [2.75, 3.05) is 5.32 Å². The zero-order chi connectivity index (χ0) is 18.7. The van der Waals surface area contributed by atoms with Crippen LogP contribution in [0.3, 0.4) is 0 Å². The van der Waals surface area contributed by atoms with Gasteiger partial charge in [0.05, 0.1) is 0 Å². The molecule has 7 heteroatoms. The highest BCUT2D eigenvalue weighted by molar-refractivity contribution is 6.32. The topological polar surface area (TPSA) is 77.2 Å². The van der Waals surface area contributed by atoms with Gasteiger partial charge in [-0.2, -0.15) is 4.98 Å². The van der Waals surface area contributed by atoms with Crippen molar-refractivity contribution in [3.63, 3.8) is 0 Å². The van der Waals surface area contributed by atoms with Gasteiger partial charge in [-0.15, -0.1) is 0 Å². The number of carbonyl (C=O) groups is 1. The smallest absolute Gasteiger partial charge is 0.270 e. The Balaban J connectivity index is 1.66. The number of amides is 1. The summed E-state index contributed by atoms with van der Waals surface area (Å²) >= 11 is 6.15. The zero-order valence-corrected chi connectivity index (χ0v) is 15.4. The van der Waals surface area contributed by atoms with Crippen molar-refractivity contribution in [2.24, 2.45) is 0 Å². The molecule has 134 valence electrons. The summed E-state index contributed by atoms with van der Waals surface area (Å²) in [4.78, 5) is 16.5. The second-order valence-corrected chi connectivity index (χ2v) is 6.29. The molecule has 1 heterocycles. The molecule has 0 spiro atoms. The first-order chi connectivity index (χ1) is 12.4. The van der Waals surface area contributed by atoms with Crippen LogP contribution in [0.1, 0.15) is 18.1 Å². The van der Waals surface area contributed by atoms with Gasteiger partial charge >= 0.3 is 0 Å². The van der Waals surface area contributed by atoms with Gasteiger partial charge in [-0.3, -0.25) is 10.1 Å². The first-order valence-electron chi connectivity index (χ1n) is 8.07. The van der Waals surface area contributed by atoms with E-state index in [1.165, 1.54) is 0 Å². The molecule has 3 aromatic rings. The van der Waals surface area contributed by atoms with Crippen LogP contribution in [-0.2, 0) is 4.79 Å². The van der Waals surface area contributed by atoms with Gasteiger partial charge in [-0.25, -0.2) is 0 Å². The Bertz CT molecular complexity index is 902. The SMILES string of the molecule is Cc1cc(O[C@H](C)C(=O)Nc2noc(-c3ccccc3)n2)cc(C)c1Cl. The molecule has 6 nitrogen and oxygen atoms in total. The van der Waals surface area contributed by atoms with Gasteiger partial charge in [0, 0.05) is 10.6 Å². The lowest BCUT2D eigenvalue weighted by Crippen LogP contribution is -2.30. The molecule has 0 aliphatic heterocycles. The van der Waals surface area contributed by atoms with E-state index < -0.39 is 6.10 Å². The molecule has 26 heavy (non-hydrogen) atoms. The number of carbonyl (C=O) groups excluding carboxylic acids is 1. The number of hydrogen-bond acceptors (Lipinski definition) is 5. The standard InChI is InChI=1S/C19H18ClN3O3/c1-11-9-15(10-12(2)16(11)20)25-13(3)17(24)21-19-22-18(26-23-19)14-7-5-4-6-8-14/h4-10,13H,1-3H3,(H,21,23,24)/t13-/m1/s1. The predicted octanol–water partition coefficient (Wildman–Crippen LogP) is 4.41. The van der Waals surface area contributed by atoms with Crippen LogP contribution in [0.5, 0.6) is 5.75 Å². The first kappa shape index (κ1) is 17.9. The molecule has 0 unspecified atom stereocenters. The van der Waals surface area contributed by atoms with E-state index >= 15 is 0 Å². The molecular weight excluding hydrogens is 354 g/mol. The van der Waals surface area contributed by atoms with Gasteiger partial charge < -0.3 is 9.26 Å². The van der Waals surface area contributed by atoms with Crippen LogP contribution >= 0.6 is 11.6 Å². The van der Waals surface area contributed by atoms with Crippen molar-refractivity contribution in [2.45, 2.75) is 26.9 Å². The third kappa shape index (κ3) is 4.03. The number of nitrogens with zero attached hydrogens (tertiary/aromatic N) is 2. The van der Waals surface area contributed by atoms with E-state index in [-0.39, 0.29) is 11.9 Å². The lowest BCUT2D eigenvalue weighted by Gasteiger charge is -2.15. The molecule has 3 rings (SSSR count). The third-order valence-electron chi connectivity index (χ3n) is 3.77. The fraction of sp³-hybridized carbons (Fsp3) is 0.211. The number of aryl methyl sites for hydroxylation is 2. The molecule has 2 aromatic carbocycles. The molecule has 0 fully saturated rings. The number of benzene rings is 2. The summed E-state index contributed by atoms with van der Waals surface area (Å²) < 4.78 is 10.9. The number of rotatable bonds is 5. The van der Waals surface area contributed by atoms with E-state index in [1.807, 2.05) is 44.2 Å². The van der Waals surface area contributed by atoms with E-state index in [9.17, 15) is 4.79 Å². The number of hydrogen-bond donors (Lipinski definition) is 1. The summed E-state index contributed by atoms with van der Waals surface area (Å²) in [6, 6.07) is 12.9. The molecule has 1 aromatic heterocycles. The lowest BCUT2D eigenvalue weighted by atomic mass is 10.1. The number of nitrogens with one attached hydrogen (secondary N) is 1. The molecule has 0 saturated heterocycles. The van der Waals surface area contributed by atoms with E-state index in [0.717, 1.165) is 16.7 Å². The van der Waals surface area contributed by atoms with Crippen LogP contribution in [0, 0.1) is 13.8 Å². The van der Waals surface area contributed by atoms with Gasteiger partial charge in [-0.05, 0) is 61.3 Å². The van der Waals surface area contributed by atoms with E-state index in [4.69, 9.17) is 20.9 Å². The van der Waals surface area contributed by atoms with E-state index in [1.54, 1.807) is 19.1 Å². The van der Waals surface area contributed by atoms with Crippen LogP contribution in [0.4, 0.5) is 5.95 Å². The molecule has 1 atom stereocenters. The minimum atomic E-state index is -0.742. The van der Waals surface area contributed by atoms with E-state index in [0.29, 0.717) is 16.7 Å². The number of aromatic nitrogens is 2. The second kappa shape index (κ2) is 7.58. The average Bonchev–Trinajstić information content (AvgIpc) is 3.08. The van der Waals surface area contributed by atoms with Gasteiger partial charge in [0.25, 0.3) is 17.7 Å². The predicted molar refractivity (Wildman–Crippen MR) is 99.4 cm³/mol. The van der Waals surface area contributed by atoms with Gasteiger partial charge in [0.1, 0.15) is 5.75 Å². The lowest BCUT2D eigenvalue weighted by molar-refractivity contribution is -0.122. The Morgan fingerprint density at radius 1 is 1.19 bits per heavy atom. The molecule has 0 radical (unpaired) electrons. The quantitative estimate of drug-likeness (QED) is 0.718. The summed E-state index contributed by atoms with van der Waals surface area (Å²) in [7, 11) is 0. The van der Waals surface area contributed by atoms with Crippen LogP contribution in [-0.4, -0.2) is 22.2 Å². The Hall–Kier alpha value is -2.86. The highest BCUT2D eigenvalue weighted by Gasteiger charge is 2.18. The van der Waals surface area contributed by atoms with Crippen LogP contribution in [0.25, 0.3) is 11.5 Å². The second-order valence-electron chi connectivity index (χ2n) is 5.91. The Morgan fingerprint density at radius 3 is 2.50 bits per heavy atom. The van der Waals surface area contributed by atoms with Crippen molar-refractivity contribution in [1.29, 1.82) is 0 Å². The minimum Gasteiger partial charge on any atom is -0.481 e. The Labute approximate surface area is 156 Å². The molecule has 1 N–H and O–H groups in total. The maximum Gasteiger partial charge on any atom is 0.270 e. The Morgan fingerprint density at radius 2 is 1.85 bits per heavy atom. The third-order valence-corrected chi connectivity index (χ3v) is 4.37. The summed E-state index contributed by atoms with van der Waals surface area (Å²) in [5.41, 5.74) is 2.55. The first-order valence-corrected chi connectivity index (χ1v) is 8.45. The number of halogens is 1. The summed E-state index contributed by atoms with van der Waals surface area (Å²) in [6.45, 7) is 5.42. The van der Waals surface area contributed by atoms with Gasteiger partial charge in [0.2, 0.25) is 0 Å². The monoisotopic (exact) mass is 371 g/mol. The van der Waals surface area contributed by atoms with Crippen molar-refractivity contribution >= 4 is 23.5 Å². The van der Waals surface area contributed by atoms with Crippen molar-refractivity contribution in [3.05, 3.63) is 58.6 Å². The number of ether oxygens (including phenoxy) is 1. The van der Waals surface area contributed by atoms with Crippen LogP contribution in [0.15, 0.2) is 47.0 Å². The van der Waals surface area contributed by atoms with Gasteiger partial charge in [0.15, 0.2) is 6.10 Å². The zero-order valence-electron chi connectivity index (χ0n) is 14.6. The molecule has 0 saturated carbocycles. The maximum atomic E-state index is 12.3. The summed E-state index contributed by atoms with van der Waals surface area (Å²) in [5.74, 6) is 0.618. The fourth-order valence-corrected chi connectivity index (χ4v) is 2.53. The minimum absolute atomic E-state index is 0.0905.